The Morgan fingerprint density at radius 2 is 1.86 bits per heavy atom. The van der Waals surface area contributed by atoms with Crippen LogP contribution in [0.25, 0.3) is 11.0 Å². The summed E-state index contributed by atoms with van der Waals surface area (Å²) in [7, 11) is 1.65. The van der Waals surface area contributed by atoms with Gasteiger partial charge in [0.25, 0.3) is 0 Å². The standard InChI is InChI=1S/C29H41N3O3/c1-17-13-23(26(33)16-32-30-24-8-6-19(35-4)14-25(24)31-32)29(3)12-10-21-20-9-11-28(2,34)15-18(20)5-7-22(21)27(17)29/h6,8,14,17-18,20-23,27,34H,5,7,9-13,15-16H2,1-4H3/t17-,18-,20+,21-,22?,23-,27+,28-,29-/m1/s1. The number of hydrogen-bond acceptors (Lipinski definition) is 5. The van der Waals surface area contributed by atoms with Crippen molar-refractivity contribution in [1.29, 1.82) is 0 Å². The van der Waals surface area contributed by atoms with Crippen molar-refractivity contribution in [3.8, 4) is 5.75 Å². The number of Topliss-reactive ketones (excluding diaryl/α,β-unsaturated/α-hetero) is 1. The third-order valence-electron chi connectivity index (χ3n) is 10.9. The van der Waals surface area contributed by atoms with E-state index in [1.165, 1.54) is 25.7 Å². The van der Waals surface area contributed by atoms with Gasteiger partial charge in [0.1, 0.15) is 23.3 Å². The van der Waals surface area contributed by atoms with E-state index < -0.39 is 5.60 Å². The molecule has 35 heavy (non-hydrogen) atoms. The van der Waals surface area contributed by atoms with Crippen molar-refractivity contribution in [1.82, 2.24) is 15.0 Å². The molecule has 6 nitrogen and oxygen atoms in total. The van der Waals surface area contributed by atoms with Crippen LogP contribution in [0, 0.1) is 46.8 Å². The normalized spacial score (nSPS) is 42.8. The molecule has 0 amide bonds. The van der Waals surface area contributed by atoms with Crippen LogP contribution in [0.1, 0.15) is 72.1 Å². The van der Waals surface area contributed by atoms with E-state index in [4.69, 9.17) is 4.74 Å². The summed E-state index contributed by atoms with van der Waals surface area (Å²) < 4.78 is 5.31. The predicted octanol–water partition coefficient (Wildman–Crippen LogP) is 5.27. The number of carbonyl (C=O) groups excluding carboxylic acids is 1. The van der Waals surface area contributed by atoms with Crippen LogP contribution in [0.5, 0.6) is 5.75 Å². The Kier molecular flexibility index (Phi) is 5.55. The molecule has 1 heterocycles. The summed E-state index contributed by atoms with van der Waals surface area (Å²) in [6.07, 6.45) is 9.06. The van der Waals surface area contributed by atoms with E-state index in [1.54, 1.807) is 11.9 Å². The fourth-order valence-electron chi connectivity index (χ4n) is 9.51. The summed E-state index contributed by atoms with van der Waals surface area (Å²) in [5.74, 6) is 5.36. The lowest BCUT2D eigenvalue weighted by Crippen LogP contribution is -2.51. The van der Waals surface area contributed by atoms with E-state index in [-0.39, 0.29) is 17.9 Å². The Hall–Kier alpha value is -1.95. The SMILES string of the molecule is COc1ccc2nn(CC(=O)[C@H]3C[C@@H](C)[C@H]4C5CC[C@@H]6C[C@](C)(O)CC[C@@H]6[C@H]5CC[C@]34C)nc2c1. The number of fused-ring (bicyclic) bond motifs is 6. The van der Waals surface area contributed by atoms with Gasteiger partial charge in [-0.3, -0.25) is 4.79 Å². The Morgan fingerprint density at radius 3 is 2.66 bits per heavy atom. The molecule has 0 radical (unpaired) electrons. The van der Waals surface area contributed by atoms with Crippen LogP contribution in [0.2, 0.25) is 0 Å². The molecule has 2 aromatic rings. The monoisotopic (exact) mass is 479 g/mol. The van der Waals surface area contributed by atoms with Gasteiger partial charge in [-0.25, -0.2) is 0 Å². The van der Waals surface area contributed by atoms with Gasteiger partial charge in [0.2, 0.25) is 0 Å². The highest BCUT2D eigenvalue weighted by molar-refractivity contribution is 5.82. The maximum atomic E-state index is 13.7. The lowest BCUT2D eigenvalue weighted by Gasteiger charge is -2.57. The second-order valence-electron chi connectivity index (χ2n) is 13.0. The summed E-state index contributed by atoms with van der Waals surface area (Å²) in [6.45, 7) is 7.12. The van der Waals surface area contributed by atoms with Crippen LogP contribution in [-0.4, -0.2) is 38.6 Å². The minimum atomic E-state index is -0.466. The number of ether oxygens (including phenoxy) is 1. The van der Waals surface area contributed by atoms with Gasteiger partial charge in [-0.2, -0.15) is 15.0 Å². The minimum Gasteiger partial charge on any atom is -0.497 e. The lowest BCUT2D eigenvalue weighted by atomic mass is 9.48. The van der Waals surface area contributed by atoms with Crippen LogP contribution in [0.15, 0.2) is 18.2 Å². The third kappa shape index (κ3) is 3.82. The van der Waals surface area contributed by atoms with E-state index in [0.29, 0.717) is 23.5 Å². The van der Waals surface area contributed by atoms with E-state index in [1.807, 2.05) is 25.1 Å². The Balaban J connectivity index is 1.20. The Morgan fingerprint density at radius 1 is 1.09 bits per heavy atom. The smallest absolute Gasteiger partial charge is 0.159 e. The molecule has 4 fully saturated rings. The molecule has 4 aliphatic rings. The number of aromatic nitrogens is 3. The summed E-state index contributed by atoms with van der Waals surface area (Å²) >= 11 is 0. The van der Waals surface area contributed by atoms with Gasteiger partial charge in [0.15, 0.2) is 5.78 Å². The summed E-state index contributed by atoms with van der Waals surface area (Å²) in [6, 6.07) is 5.66. The number of methoxy groups -OCH3 is 1. The molecule has 4 saturated carbocycles. The van der Waals surface area contributed by atoms with Gasteiger partial charge in [-0.05, 0) is 111 Å². The molecular weight excluding hydrogens is 438 g/mol. The van der Waals surface area contributed by atoms with Crippen molar-refractivity contribution in [2.24, 2.45) is 46.8 Å². The first kappa shape index (κ1) is 23.4. The maximum Gasteiger partial charge on any atom is 0.159 e. The molecule has 0 bridgehead atoms. The van der Waals surface area contributed by atoms with Gasteiger partial charge in [-0.15, -0.1) is 0 Å². The number of benzene rings is 1. The molecule has 1 unspecified atom stereocenters. The van der Waals surface area contributed by atoms with Crippen LogP contribution < -0.4 is 4.74 Å². The van der Waals surface area contributed by atoms with E-state index in [9.17, 15) is 9.90 Å². The zero-order chi connectivity index (χ0) is 24.5. The van der Waals surface area contributed by atoms with E-state index in [0.717, 1.165) is 60.2 Å². The molecule has 1 aromatic heterocycles. The van der Waals surface area contributed by atoms with Gasteiger partial charge >= 0.3 is 0 Å². The van der Waals surface area contributed by atoms with Crippen molar-refractivity contribution in [2.45, 2.75) is 84.3 Å². The Bertz CT molecular complexity index is 1130. The second-order valence-corrected chi connectivity index (χ2v) is 13.0. The molecule has 6 rings (SSSR count). The molecule has 1 N–H and O–H groups in total. The highest BCUT2D eigenvalue weighted by Crippen LogP contribution is 2.66. The first-order valence-electron chi connectivity index (χ1n) is 13.8. The van der Waals surface area contributed by atoms with Crippen LogP contribution in [0.3, 0.4) is 0 Å². The van der Waals surface area contributed by atoms with Crippen LogP contribution in [0.4, 0.5) is 0 Å². The molecule has 190 valence electrons. The number of carbonyl (C=O) groups is 1. The zero-order valence-corrected chi connectivity index (χ0v) is 21.7. The van der Waals surface area contributed by atoms with Crippen molar-refractivity contribution in [3.05, 3.63) is 18.2 Å². The van der Waals surface area contributed by atoms with Gasteiger partial charge in [0.05, 0.1) is 12.7 Å². The molecule has 6 heteroatoms. The predicted molar refractivity (Wildman–Crippen MR) is 135 cm³/mol. The van der Waals surface area contributed by atoms with Crippen molar-refractivity contribution in [3.63, 3.8) is 0 Å². The van der Waals surface area contributed by atoms with Crippen LogP contribution in [-0.2, 0) is 11.3 Å². The fourth-order valence-corrected chi connectivity index (χ4v) is 9.51. The topological polar surface area (TPSA) is 77.2 Å². The van der Waals surface area contributed by atoms with Crippen LogP contribution >= 0.6 is 0 Å². The molecule has 1 aromatic carbocycles. The quantitative estimate of drug-likeness (QED) is 0.646. The van der Waals surface area contributed by atoms with E-state index >= 15 is 0 Å². The third-order valence-corrected chi connectivity index (χ3v) is 10.9. The molecule has 0 aliphatic heterocycles. The molecule has 0 saturated heterocycles. The van der Waals surface area contributed by atoms with Gasteiger partial charge < -0.3 is 9.84 Å². The maximum absolute atomic E-state index is 13.7. The summed E-state index contributed by atoms with van der Waals surface area (Å²) in [5, 5.41) is 19.8. The lowest BCUT2D eigenvalue weighted by molar-refractivity contribution is -0.133. The molecular formula is C29H41N3O3. The number of nitrogens with zero attached hydrogens (tertiary/aromatic N) is 3. The number of aliphatic hydroxyl groups is 1. The highest BCUT2D eigenvalue weighted by atomic mass is 16.5. The average Bonchev–Trinajstić information content (AvgIpc) is 3.34. The fraction of sp³-hybridized carbons (Fsp3) is 0.759. The summed E-state index contributed by atoms with van der Waals surface area (Å²) in [4.78, 5) is 15.3. The number of hydrogen-bond donors (Lipinski definition) is 1. The molecule has 4 aliphatic carbocycles. The molecule has 0 spiro atoms. The highest BCUT2D eigenvalue weighted by Gasteiger charge is 2.61. The number of ketones is 1. The van der Waals surface area contributed by atoms with Crippen molar-refractivity contribution >= 4 is 16.8 Å². The largest absolute Gasteiger partial charge is 0.497 e. The zero-order valence-electron chi connectivity index (χ0n) is 21.7. The first-order chi connectivity index (χ1) is 16.7. The van der Waals surface area contributed by atoms with Crippen molar-refractivity contribution < 1.29 is 14.6 Å². The van der Waals surface area contributed by atoms with E-state index in [2.05, 4.69) is 24.0 Å². The summed E-state index contributed by atoms with van der Waals surface area (Å²) in [5.41, 5.74) is 1.18. The molecule has 9 atom stereocenters. The second kappa shape index (κ2) is 8.29. The first-order valence-corrected chi connectivity index (χ1v) is 13.8. The number of rotatable bonds is 4. The van der Waals surface area contributed by atoms with Crippen molar-refractivity contribution in [2.75, 3.05) is 7.11 Å². The minimum absolute atomic E-state index is 0.0838. The van der Waals surface area contributed by atoms with Gasteiger partial charge in [-0.1, -0.05) is 13.8 Å². The van der Waals surface area contributed by atoms with Gasteiger partial charge in [0, 0.05) is 12.0 Å². The Labute approximate surface area is 208 Å². The average molecular weight is 480 g/mol.